The normalized spacial score (nSPS) is 16.3. The van der Waals surface area contributed by atoms with Gasteiger partial charge in [-0.2, -0.15) is 4.31 Å². The van der Waals surface area contributed by atoms with E-state index in [1.54, 1.807) is 18.2 Å². The molecule has 1 N–H and O–H groups in total. The van der Waals surface area contributed by atoms with Crippen molar-refractivity contribution in [2.24, 2.45) is 5.92 Å². The highest BCUT2D eigenvalue weighted by Crippen LogP contribution is 2.33. The lowest BCUT2D eigenvalue weighted by atomic mass is 9.98. The minimum atomic E-state index is -3.81. The molecule has 1 aliphatic rings. The largest absolute Gasteiger partial charge is 0.493 e. The molecule has 1 saturated heterocycles. The molecule has 9 heteroatoms. The molecule has 0 spiro atoms. The number of ether oxygens (including phenoxy) is 3. The summed E-state index contributed by atoms with van der Waals surface area (Å²) in [4.78, 5) is 13.2. The Hall–Kier alpha value is -3.56. The molecule has 0 aromatic heterocycles. The number of methoxy groups -OCH3 is 2. The van der Waals surface area contributed by atoms with Crippen molar-refractivity contribution in [1.29, 1.82) is 0 Å². The van der Waals surface area contributed by atoms with Gasteiger partial charge in [0.05, 0.1) is 30.7 Å². The van der Waals surface area contributed by atoms with Crippen LogP contribution in [0.1, 0.15) is 12.8 Å². The van der Waals surface area contributed by atoms with Crippen molar-refractivity contribution >= 4 is 21.6 Å². The molecule has 0 bridgehead atoms. The van der Waals surface area contributed by atoms with Gasteiger partial charge in [0, 0.05) is 19.2 Å². The van der Waals surface area contributed by atoms with E-state index in [-0.39, 0.29) is 17.3 Å². The van der Waals surface area contributed by atoms with E-state index in [0.717, 1.165) is 0 Å². The summed E-state index contributed by atoms with van der Waals surface area (Å²) in [6, 6.07) is 20.9. The fourth-order valence-electron chi connectivity index (χ4n) is 4.01. The van der Waals surface area contributed by atoms with Gasteiger partial charge in [-0.25, -0.2) is 8.42 Å². The van der Waals surface area contributed by atoms with Crippen molar-refractivity contribution in [2.75, 3.05) is 32.6 Å². The van der Waals surface area contributed by atoms with E-state index in [4.69, 9.17) is 14.2 Å². The van der Waals surface area contributed by atoms with Crippen LogP contribution in [0.2, 0.25) is 0 Å². The zero-order valence-electron chi connectivity index (χ0n) is 19.6. The first-order valence-corrected chi connectivity index (χ1v) is 12.7. The number of hydrogen-bond donors (Lipinski definition) is 1. The topological polar surface area (TPSA) is 94.2 Å². The molecule has 1 aliphatic heterocycles. The van der Waals surface area contributed by atoms with Crippen LogP contribution in [0.25, 0.3) is 0 Å². The van der Waals surface area contributed by atoms with Gasteiger partial charge in [-0.1, -0.05) is 30.3 Å². The molecular weight excluding hydrogens is 468 g/mol. The van der Waals surface area contributed by atoms with E-state index in [2.05, 4.69) is 5.32 Å². The summed E-state index contributed by atoms with van der Waals surface area (Å²) in [5.74, 6) is 1.19. The number of anilines is 1. The standard InChI is InChI=1S/C26H28N2O6S/c1-32-24-15-14-21(17-25(24)33-2)35(30,31)28-16-8-9-19(18-28)26(29)27-22-12-6-7-13-23(22)34-20-10-4-3-5-11-20/h3-7,10-15,17,19H,8-9,16,18H2,1-2H3,(H,27,29)/t19-/m0/s1. The Morgan fingerprint density at radius 1 is 0.914 bits per heavy atom. The van der Waals surface area contributed by atoms with Gasteiger partial charge in [0.1, 0.15) is 5.75 Å². The van der Waals surface area contributed by atoms with Gasteiger partial charge in [0.15, 0.2) is 17.2 Å². The van der Waals surface area contributed by atoms with Crippen LogP contribution in [-0.2, 0) is 14.8 Å². The van der Waals surface area contributed by atoms with E-state index < -0.39 is 15.9 Å². The molecule has 1 amide bonds. The number of carbonyl (C=O) groups excluding carboxylic acids is 1. The fourth-order valence-corrected chi connectivity index (χ4v) is 5.55. The van der Waals surface area contributed by atoms with Crippen LogP contribution in [0.15, 0.2) is 77.7 Å². The SMILES string of the molecule is COc1ccc(S(=O)(=O)N2CCC[C@H](C(=O)Nc3ccccc3Oc3ccccc3)C2)cc1OC. The maximum Gasteiger partial charge on any atom is 0.243 e. The monoisotopic (exact) mass is 496 g/mol. The van der Waals surface area contributed by atoms with Crippen molar-refractivity contribution < 1.29 is 27.4 Å². The molecule has 35 heavy (non-hydrogen) atoms. The molecule has 0 radical (unpaired) electrons. The Morgan fingerprint density at radius 2 is 1.63 bits per heavy atom. The smallest absolute Gasteiger partial charge is 0.243 e. The lowest BCUT2D eigenvalue weighted by Crippen LogP contribution is -2.43. The number of hydrogen-bond acceptors (Lipinski definition) is 6. The van der Waals surface area contributed by atoms with Crippen molar-refractivity contribution in [1.82, 2.24) is 4.31 Å². The lowest BCUT2D eigenvalue weighted by molar-refractivity contribution is -0.120. The predicted molar refractivity (Wildman–Crippen MR) is 133 cm³/mol. The van der Waals surface area contributed by atoms with Crippen LogP contribution in [-0.4, -0.2) is 45.9 Å². The number of para-hydroxylation sites is 3. The average molecular weight is 497 g/mol. The summed E-state index contributed by atoms with van der Waals surface area (Å²) in [7, 11) is -0.872. The van der Waals surface area contributed by atoms with Gasteiger partial charge in [-0.15, -0.1) is 0 Å². The van der Waals surface area contributed by atoms with E-state index in [9.17, 15) is 13.2 Å². The van der Waals surface area contributed by atoms with Crippen molar-refractivity contribution in [3.05, 3.63) is 72.8 Å². The summed E-state index contributed by atoms with van der Waals surface area (Å²) in [6.07, 6.45) is 1.16. The summed E-state index contributed by atoms with van der Waals surface area (Å²) < 4.78 is 44.4. The number of carbonyl (C=O) groups is 1. The highest BCUT2D eigenvalue weighted by Gasteiger charge is 2.34. The maximum absolute atomic E-state index is 13.3. The summed E-state index contributed by atoms with van der Waals surface area (Å²) >= 11 is 0. The number of nitrogens with zero attached hydrogens (tertiary/aromatic N) is 1. The third-order valence-electron chi connectivity index (χ3n) is 5.86. The van der Waals surface area contributed by atoms with Gasteiger partial charge in [-0.3, -0.25) is 4.79 Å². The molecule has 1 atom stereocenters. The molecular formula is C26H28N2O6S. The second-order valence-corrected chi connectivity index (χ2v) is 10.1. The predicted octanol–water partition coefficient (Wildman–Crippen LogP) is 4.54. The summed E-state index contributed by atoms with van der Waals surface area (Å²) in [5, 5.41) is 2.92. The molecule has 3 aromatic rings. The van der Waals surface area contributed by atoms with Crippen LogP contribution >= 0.6 is 0 Å². The van der Waals surface area contributed by atoms with Gasteiger partial charge in [-0.05, 0) is 49.2 Å². The lowest BCUT2D eigenvalue weighted by Gasteiger charge is -2.31. The Kier molecular flexibility index (Phi) is 7.57. The minimum Gasteiger partial charge on any atom is -0.493 e. The fraction of sp³-hybridized carbons (Fsp3) is 0.269. The van der Waals surface area contributed by atoms with Gasteiger partial charge in [0.2, 0.25) is 15.9 Å². The van der Waals surface area contributed by atoms with E-state index in [1.165, 1.54) is 30.7 Å². The molecule has 184 valence electrons. The third-order valence-corrected chi connectivity index (χ3v) is 7.72. The molecule has 0 aliphatic carbocycles. The average Bonchev–Trinajstić information content (AvgIpc) is 2.90. The quantitative estimate of drug-likeness (QED) is 0.492. The number of rotatable bonds is 8. The molecule has 1 heterocycles. The van der Waals surface area contributed by atoms with E-state index in [0.29, 0.717) is 48.1 Å². The van der Waals surface area contributed by atoms with Crippen molar-refractivity contribution in [2.45, 2.75) is 17.7 Å². The van der Waals surface area contributed by atoms with Gasteiger partial charge >= 0.3 is 0 Å². The van der Waals surface area contributed by atoms with Crippen LogP contribution in [0, 0.1) is 5.92 Å². The first-order chi connectivity index (χ1) is 16.9. The number of benzene rings is 3. The summed E-state index contributed by atoms with van der Waals surface area (Å²) in [6.45, 7) is 0.429. The maximum atomic E-state index is 13.3. The second kappa shape index (κ2) is 10.8. The molecule has 4 rings (SSSR count). The van der Waals surface area contributed by atoms with Gasteiger partial charge in [0.25, 0.3) is 0 Å². The number of nitrogens with one attached hydrogen (secondary N) is 1. The Morgan fingerprint density at radius 3 is 2.37 bits per heavy atom. The third kappa shape index (κ3) is 5.58. The zero-order valence-corrected chi connectivity index (χ0v) is 20.5. The molecule has 0 unspecified atom stereocenters. The number of piperidine rings is 1. The minimum absolute atomic E-state index is 0.0875. The van der Waals surface area contributed by atoms with E-state index in [1.807, 2.05) is 42.5 Å². The van der Waals surface area contributed by atoms with Crippen molar-refractivity contribution in [3.8, 4) is 23.0 Å². The van der Waals surface area contributed by atoms with Gasteiger partial charge < -0.3 is 19.5 Å². The first-order valence-electron chi connectivity index (χ1n) is 11.3. The molecule has 8 nitrogen and oxygen atoms in total. The molecule has 3 aromatic carbocycles. The van der Waals surface area contributed by atoms with Crippen LogP contribution < -0.4 is 19.5 Å². The number of amides is 1. The second-order valence-electron chi connectivity index (χ2n) is 8.12. The first kappa shape index (κ1) is 24.6. The summed E-state index contributed by atoms with van der Waals surface area (Å²) in [5.41, 5.74) is 0.529. The highest BCUT2D eigenvalue weighted by molar-refractivity contribution is 7.89. The van der Waals surface area contributed by atoms with Crippen molar-refractivity contribution in [3.63, 3.8) is 0 Å². The Balaban J connectivity index is 1.48. The Labute approximate surface area is 205 Å². The molecule has 1 fully saturated rings. The number of sulfonamides is 1. The van der Waals surface area contributed by atoms with E-state index >= 15 is 0 Å². The van der Waals surface area contributed by atoms with Crippen LogP contribution in [0.3, 0.4) is 0 Å². The Bertz CT molecular complexity index is 1280. The zero-order chi connectivity index (χ0) is 24.8. The molecule has 0 saturated carbocycles. The highest BCUT2D eigenvalue weighted by atomic mass is 32.2. The van der Waals surface area contributed by atoms with Crippen LogP contribution in [0.5, 0.6) is 23.0 Å². The van der Waals surface area contributed by atoms with Crippen LogP contribution in [0.4, 0.5) is 5.69 Å².